The van der Waals surface area contributed by atoms with E-state index in [1.54, 1.807) is 17.9 Å². The van der Waals surface area contributed by atoms with E-state index < -0.39 is 11.4 Å². The van der Waals surface area contributed by atoms with E-state index in [1.165, 1.54) is 12.3 Å². The van der Waals surface area contributed by atoms with Gasteiger partial charge in [-0.25, -0.2) is 4.79 Å². The molecule has 2 aliphatic heterocycles. The number of carboxylic acid groups (broad SMARTS) is 1. The Balaban J connectivity index is 2.04. The molecule has 0 bridgehead atoms. The van der Waals surface area contributed by atoms with Gasteiger partial charge in [-0.05, 0) is 44.4 Å². The fourth-order valence-electron chi connectivity index (χ4n) is 4.36. The standard InChI is InChI=1S/C20H22N2O5/c1-20(2)5-4-15-13-7-17(23)11(10-27-3)6-12(13)16-8-18(24)14(19(25)26)9-21(16)22(15)20/h6-9,15,23H,4-5,10H2,1-3H3,(H,25,26). The molecule has 0 aliphatic carbocycles. The van der Waals surface area contributed by atoms with Gasteiger partial charge in [-0.2, -0.15) is 0 Å². The molecule has 142 valence electrons. The zero-order valence-corrected chi connectivity index (χ0v) is 15.5. The van der Waals surface area contributed by atoms with Gasteiger partial charge in [0.2, 0.25) is 0 Å². The summed E-state index contributed by atoms with van der Waals surface area (Å²) in [5, 5.41) is 21.9. The first-order chi connectivity index (χ1) is 12.7. The Kier molecular flexibility index (Phi) is 3.82. The zero-order valence-electron chi connectivity index (χ0n) is 15.5. The van der Waals surface area contributed by atoms with Crippen LogP contribution in [0.5, 0.6) is 5.75 Å². The smallest absolute Gasteiger partial charge is 0.341 e. The third kappa shape index (κ3) is 2.53. The van der Waals surface area contributed by atoms with Crippen LogP contribution in [-0.2, 0) is 11.3 Å². The molecule has 0 saturated carbocycles. The number of benzene rings is 1. The van der Waals surface area contributed by atoms with Gasteiger partial charge in [0.25, 0.3) is 0 Å². The van der Waals surface area contributed by atoms with Crippen molar-refractivity contribution >= 4 is 5.97 Å². The molecule has 2 N–H and O–H groups in total. The van der Waals surface area contributed by atoms with E-state index in [-0.39, 0.29) is 29.5 Å². The molecule has 1 aromatic heterocycles. The monoisotopic (exact) mass is 370 g/mol. The summed E-state index contributed by atoms with van der Waals surface area (Å²) in [6.45, 7) is 4.44. The van der Waals surface area contributed by atoms with Gasteiger partial charge in [0.1, 0.15) is 11.3 Å². The topological polar surface area (TPSA) is 92.0 Å². The quantitative estimate of drug-likeness (QED) is 0.863. The van der Waals surface area contributed by atoms with Crippen LogP contribution >= 0.6 is 0 Å². The number of carboxylic acids is 1. The number of aromatic nitrogens is 1. The molecule has 2 aliphatic rings. The second-order valence-electron chi connectivity index (χ2n) is 7.80. The van der Waals surface area contributed by atoms with E-state index in [9.17, 15) is 19.8 Å². The van der Waals surface area contributed by atoms with Gasteiger partial charge in [-0.15, -0.1) is 0 Å². The number of phenolic OH excluding ortho intramolecular Hbond substituents is 1. The molecule has 1 unspecified atom stereocenters. The highest BCUT2D eigenvalue weighted by Crippen LogP contribution is 2.49. The number of nitrogens with zero attached hydrogens (tertiary/aromatic N) is 2. The Labute approximate surface area is 156 Å². The van der Waals surface area contributed by atoms with Crippen LogP contribution in [-0.4, -0.2) is 33.5 Å². The molecule has 27 heavy (non-hydrogen) atoms. The van der Waals surface area contributed by atoms with Crippen molar-refractivity contribution < 1.29 is 19.7 Å². The summed E-state index contributed by atoms with van der Waals surface area (Å²) in [7, 11) is 1.55. The molecule has 1 aromatic carbocycles. The number of carbonyl (C=O) groups is 1. The Morgan fingerprint density at radius 1 is 1.33 bits per heavy atom. The molecule has 7 heteroatoms. The summed E-state index contributed by atoms with van der Waals surface area (Å²) in [6, 6.07) is 4.96. The van der Waals surface area contributed by atoms with Gasteiger partial charge < -0.3 is 14.9 Å². The van der Waals surface area contributed by atoms with Crippen molar-refractivity contribution in [2.75, 3.05) is 12.1 Å². The van der Waals surface area contributed by atoms with Gasteiger partial charge in [-0.3, -0.25) is 14.5 Å². The minimum Gasteiger partial charge on any atom is -0.508 e. The maximum absolute atomic E-state index is 12.4. The highest BCUT2D eigenvalue weighted by atomic mass is 16.5. The summed E-state index contributed by atoms with van der Waals surface area (Å²) >= 11 is 0. The lowest BCUT2D eigenvalue weighted by molar-refractivity contribution is 0.0694. The SMILES string of the molecule is COCc1cc2c(cc1O)C1CCC(C)(C)N1n1cc(C(=O)O)c(=O)cc1-2. The number of phenols is 1. The second kappa shape index (κ2) is 5.85. The Morgan fingerprint density at radius 3 is 2.74 bits per heavy atom. The first kappa shape index (κ1) is 17.6. The number of fused-ring (bicyclic) bond motifs is 6. The van der Waals surface area contributed by atoms with Gasteiger partial charge in [0.15, 0.2) is 5.43 Å². The number of hydrogen-bond acceptors (Lipinski definition) is 5. The molecule has 1 atom stereocenters. The Hall–Kier alpha value is -2.80. The second-order valence-corrected chi connectivity index (χ2v) is 7.80. The molecule has 3 heterocycles. The summed E-state index contributed by atoms with van der Waals surface area (Å²) in [6.07, 6.45) is 3.20. The number of aromatic carboxylic acids is 1. The normalized spacial score (nSPS) is 19.4. The van der Waals surface area contributed by atoms with E-state index in [0.717, 1.165) is 24.0 Å². The molecule has 4 rings (SSSR count). The minimum absolute atomic E-state index is 0.00542. The summed E-state index contributed by atoms with van der Waals surface area (Å²) in [4.78, 5) is 23.9. The van der Waals surface area contributed by atoms with Crippen molar-refractivity contribution in [1.29, 1.82) is 0 Å². The number of methoxy groups -OCH3 is 1. The average Bonchev–Trinajstić information content (AvgIpc) is 2.91. The lowest BCUT2D eigenvalue weighted by Gasteiger charge is -2.44. The fraction of sp³-hybridized carbons (Fsp3) is 0.400. The number of hydrogen-bond donors (Lipinski definition) is 2. The third-order valence-corrected chi connectivity index (χ3v) is 5.62. The lowest BCUT2D eigenvalue weighted by Crippen LogP contribution is -2.50. The summed E-state index contributed by atoms with van der Waals surface area (Å²) < 4.78 is 6.97. The van der Waals surface area contributed by atoms with Crippen LogP contribution < -0.4 is 10.4 Å². The molecule has 0 spiro atoms. The number of pyridine rings is 1. The highest BCUT2D eigenvalue weighted by molar-refractivity contribution is 5.88. The van der Waals surface area contributed by atoms with Crippen molar-refractivity contribution in [3.63, 3.8) is 0 Å². The van der Waals surface area contributed by atoms with Crippen LogP contribution in [0.1, 0.15) is 54.2 Å². The number of rotatable bonds is 3. The van der Waals surface area contributed by atoms with Crippen molar-refractivity contribution in [3.8, 4) is 17.0 Å². The molecule has 1 fully saturated rings. The van der Waals surface area contributed by atoms with Crippen molar-refractivity contribution in [2.45, 2.75) is 44.9 Å². The van der Waals surface area contributed by atoms with Crippen LogP contribution in [0.15, 0.2) is 29.2 Å². The minimum atomic E-state index is -1.24. The molecular weight excluding hydrogens is 348 g/mol. The van der Waals surface area contributed by atoms with E-state index >= 15 is 0 Å². The van der Waals surface area contributed by atoms with Crippen LogP contribution in [0, 0.1) is 0 Å². The maximum atomic E-state index is 12.4. The number of ether oxygens (including phenoxy) is 1. The Morgan fingerprint density at radius 2 is 2.07 bits per heavy atom. The largest absolute Gasteiger partial charge is 0.508 e. The van der Waals surface area contributed by atoms with E-state index in [1.807, 2.05) is 6.07 Å². The summed E-state index contributed by atoms with van der Waals surface area (Å²) in [5.41, 5.74) is 2.03. The maximum Gasteiger partial charge on any atom is 0.341 e. The molecular formula is C20H22N2O5. The zero-order chi connectivity index (χ0) is 19.5. The van der Waals surface area contributed by atoms with Crippen LogP contribution in [0.25, 0.3) is 11.3 Å². The first-order valence-corrected chi connectivity index (χ1v) is 8.89. The predicted octanol–water partition coefficient (Wildman–Crippen LogP) is 2.63. The van der Waals surface area contributed by atoms with Crippen molar-refractivity contribution in [2.24, 2.45) is 0 Å². The third-order valence-electron chi connectivity index (χ3n) is 5.62. The number of aromatic hydroxyl groups is 1. The molecule has 2 aromatic rings. The fourth-order valence-corrected chi connectivity index (χ4v) is 4.36. The molecule has 7 nitrogen and oxygen atoms in total. The highest BCUT2D eigenvalue weighted by Gasteiger charge is 2.45. The molecule has 0 amide bonds. The van der Waals surface area contributed by atoms with E-state index in [4.69, 9.17) is 4.74 Å². The molecule has 1 saturated heterocycles. The van der Waals surface area contributed by atoms with Crippen LogP contribution in [0.3, 0.4) is 0 Å². The van der Waals surface area contributed by atoms with Gasteiger partial charge in [0, 0.05) is 30.5 Å². The average molecular weight is 370 g/mol. The summed E-state index contributed by atoms with van der Waals surface area (Å²) in [5.74, 6) is -1.07. The van der Waals surface area contributed by atoms with E-state index in [0.29, 0.717) is 11.3 Å². The van der Waals surface area contributed by atoms with Crippen molar-refractivity contribution in [3.05, 3.63) is 51.3 Å². The van der Waals surface area contributed by atoms with Crippen LogP contribution in [0.4, 0.5) is 0 Å². The molecule has 0 radical (unpaired) electrons. The van der Waals surface area contributed by atoms with Gasteiger partial charge in [0.05, 0.1) is 23.9 Å². The predicted molar refractivity (Wildman–Crippen MR) is 99.7 cm³/mol. The lowest BCUT2D eigenvalue weighted by atomic mass is 9.92. The van der Waals surface area contributed by atoms with E-state index in [2.05, 4.69) is 18.9 Å². The Bertz CT molecular complexity index is 1010. The van der Waals surface area contributed by atoms with Crippen LogP contribution in [0.2, 0.25) is 0 Å². The van der Waals surface area contributed by atoms with Gasteiger partial charge in [-0.1, -0.05) is 0 Å². The van der Waals surface area contributed by atoms with Gasteiger partial charge >= 0.3 is 5.97 Å². The first-order valence-electron chi connectivity index (χ1n) is 8.89. The van der Waals surface area contributed by atoms with Crippen molar-refractivity contribution in [1.82, 2.24) is 4.68 Å².